The summed E-state index contributed by atoms with van der Waals surface area (Å²) in [5.41, 5.74) is 2.54. The maximum Gasteiger partial charge on any atom is 0.341 e. The first kappa shape index (κ1) is 14.8. The van der Waals surface area contributed by atoms with Gasteiger partial charge >= 0.3 is 5.97 Å². The minimum Gasteiger partial charge on any atom is -0.481 e. The van der Waals surface area contributed by atoms with E-state index in [9.17, 15) is 4.79 Å². The van der Waals surface area contributed by atoms with Gasteiger partial charge in [-0.1, -0.05) is 35.0 Å². The molecule has 0 saturated carbocycles. The third-order valence-electron chi connectivity index (χ3n) is 3.20. The van der Waals surface area contributed by atoms with Crippen molar-refractivity contribution in [1.82, 2.24) is 10.1 Å². The number of hydrogen-bond acceptors (Lipinski definition) is 5. The van der Waals surface area contributed by atoms with Crippen molar-refractivity contribution in [3.8, 4) is 28.6 Å². The molecule has 0 bridgehead atoms. The van der Waals surface area contributed by atoms with Gasteiger partial charge in [-0.05, 0) is 31.2 Å². The summed E-state index contributed by atoms with van der Waals surface area (Å²) in [5.74, 6) is 0.0917. The standard InChI is InChI=1S/C17H14N2O4/c1-11-6-8-12(9-7-11)17-18-16(19-23-17)13-4-2-3-5-14(13)22-10-15(20)21/h2-9H,10H2,1H3,(H,20,21). The highest BCUT2D eigenvalue weighted by atomic mass is 16.5. The highest BCUT2D eigenvalue weighted by molar-refractivity contribution is 5.70. The van der Waals surface area contributed by atoms with Crippen LogP contribution in [0.15, 0.2) is 53.1 Å². The average Bonchev–Trinajstić information content (AvgIpc) is 3.03. The van der Waals surface area contributed by atoms with Crippen molar-refractivity contribution in [3.05, 3.63) is 54.1 Å². The molecule has 0 aliphatic heterocycles. The van der Waals surface area contributed by atoms with Gasteiger partial charge in [0, 0.05) is 5.56 Å². The number of rotatable bonds is 5. The van der Waals surface area contributed by atoms with E-state index in [1.165, 1.54) is 0 Å². The Balaban J connectivity index is 1.91. The van der Waals surface area contributed by atoms with Gasteiger partial charge in [-0.15, -0.1) is 0 Å². The summed E-state index contributed by atoms with van der Waals surface area (Å²) in [6.07, 6.45) is 0. The Morgan fingerprint density at radius 2 is 1.91 bits per heavy atom. The molecule has 6 heteroatoms. The van der Waals surface area contributed by atoms with E-state index in [2.05, 4.69) is 10.1 Å². The molecule has 0 amide bonds. The van der Waals surface area contributed by atoms with Crippen LogP contribution in [0, 0.1) is 6.92 Å². The second-order valence-corrected chi connectivity index (χ2v) is 4.97. The van der Waals surface area contributed by atoms with Crippen molar-refractivity contribution in [1.29, 1.82) is 0 Å². The first-order valence-corrected chi connectivity index (χ1v) is 6.98. The number of para-hydroxylation sites is 1. The van der Waals surface area contributed by atoms with Crippen LogP contribution >= 0.6 is 0 Å². The number of nitrogens with zero attached hydrogens (tertiary/aromatic N) is 2. The van der Waals surface area contributed by atoms with Crippen LogP contribution in [-0.4, -0.2) is 27.8 Å². The third kappa shape index (κ3) is 3.37. The van der Waals surface area contributed by atoms with Crippen molar-refractivity contribution < 1.29 is 19.2 Å². The first-order valence-electron chi connectivity index (χ1n) is 6.98. The largest absolute Gasteiger partial charge is 0.481 e. The summed E-state index contributed by atoms with van der Waals surface area (Å²) in [7, 11) is 0. The molecule has 3 rings (SSSR count). The molecule has 23 heavy (non-hydrogen) atoms. The molecule has 1 heterocycles. The Labute approximate surface area is 132 Å². The maximum atomic E-state index is 10.7. The monoisotopic (exact) mass is 310 g/mol. The number of carbonyl (C=O) groups is 1. The van der Waals surface area contributed by atoms with Crippen LogP contribution in [0.4, 0.5) is 0 Å². The lowest BCUT2D eigenvalue weighted by molar-refractivity contribution is -0.139. The fourth-order valence-corrected chi connectivity index (χ4v) is 2.06. The molecule has 0 fully saturated rings. The summed E-state index contributed by atoms with van der Waals surface area (Å²) in [6.45, 7) is 1.57. The molecule has 0 aliphatic carbocycles. The van der Waals surface area contributed by atoms with Crippen LogP contribution in [-0.2, 0) is 4.79 Å². The topological polar surface area (TPSA) is 85.5 Å². The number of carboxylic acids is 1. The van der Waals surface area contributed by atoms with Crippen LogP contribution in [0.3, 0.4) is 0 Å². The minimum absolute atomic E-state index is 0.349. The number of hydrogen-bond donors (Lipinski definition) is 1. The first-order chi connectivity index (χ1) is 11.1. The van der Waals surface area contributed by atoms with Crippen molar-refractivity contribution in [2.24, 2.45) is 0 Å². The predicted molar refractivity (Wildman–Crippen MR) is 83.0 cm³/mol. The zero-order valence-corrected chi connectivity index (χ0v) is 12.4. The molecule has 1 aromatic heterocycles. The van der Waals surface area contributed by atoms with Crippen LogP contribution in [0.5, 0.6) is 5.75 Å². The highest BCUT2D eigenvalue weighted by Gasteiger charge is 2.15. The van der Waals surface area contributed by atoms with Crippen LogP contribution in [0.2, 0.25) is 0 Å². The zero-order valence-electron chi connectivity index (χ0n) is 12.4. The van der Waals surface area contributed by atoms with E-state index < -0.39 is 12.6 Å². The maximum absolute atomic E-state index is 10.7. The lowest BCUT2D eigenvalue weighted by Gasteiger charge is -2.06. The summed E-state index contributed by atoms with van der Waals surface area (Å²) < 4.78 is 10.6. The van der Waals surface area contributed by atoms with Gasteiger partial charge < -0.3 is 14.4 Å². The molecule has 0 radical (unpaired) electrons. The van der Waals surface area contributed by atoms with Gasteiger partial charge in [0.15, 0.2) is 6.61 Å². The normalized spacial score (nSPS) is 10.5. The SMILES string of the molecule is Cc1ccc(-c2nc(-c3ccccc3OCC(=O)O)no2)cc1. The number of aliphatic carboxylic acids is 1. The van der Waals surface area contributed by atoms with Crippen molar-refractivity contribution >= 4 is 5.97 Å². The molecule has 0 atom stereocenters. The van der Waals surface area contributed by atoms with E-state index in [0.717, 1.165) is 11.1 Å². The smallest absolute Gasteiger partial charge is 0.341 e. The second kappa shape index (κ2) is 6.31. The van der Waals surface area contributed by atoms with Crippen LogP contribution in [0.25, 0.3) is 22.8 Å². The molecule has 0 saturated heterocycles. The number of benzene rings is 2. The minimum atomic E-state index is -1.05. The number of ether oxygens (including phenoxy) is 1. The van der Waals surface area contributed by atoms with Crippen molar-refractivity contribution in [2.75, 3.05) is 6.61 Å². The lowest BCUT2D eigenvalue weighted by atomic mass is 10.1. The lowest BCUT2D eigenvalue weighted by Crippen LogP contribution is -2.10. The van der Waals surface area contributed by atoms with E-state index in [4.69, 9.17) is 14.4 Å². The molecular formula is C17H14N2O4. The predicted octanol–water partition coefficient (Wildman–Crippen LogP) is 3.18. The van der Waals surface area contributed by atoms with Gasteiger partial charge in [0.1, 0.15) is 5.75 Å². The second-order valence-electron chi connectivity index (χ2n) is 4.97. The van der Waals surface area contributed by atoms with E-state index in [-0.39, 0.29) is 0 Å². The Hall–Kier alpha value is -3.15. The van der Waals surface area contributed by atoms with E-state index >= 15 is 0 Å². The average molecular weight is 310 g/mol. The van der Waals surface area contributed by atoms with Gasteiger partial charge in [0.05, 0.1) is 5.56 Å². The molecule has 0 unspecified atom stereocenters. The summed E-state index contributed by atoms with van der Waals surface area (Å²) in [4.78, 5) is 15.0. The Bertz CT molecular complexity index is 825. The number of aromatic nitrogens is 2. The summed E-state index contributed by atoms with van der Waals surface area (Å²) >= 11 is 0. The number of aryl methyl sites for hydroxylation is 1. The van der Waals surface area contributed by atoms with Crippen LogP contribution in [0.1, 0.15) is 5.56 Å². The van der Waals surface area contributed by atoms with Gasteiger partial charge in [-0.2, -0.15) is 4.98 Å². The Kier molecular flexibility index (Phi) is 4.05. The third-order valence-corrected chi connectivity index (χ3v) is 3.20. The molecule has 0 spiro atoms. The molecule has 116 valence electrons. The van der Waals surface area contributed by atoms with Gasteiger partial charge in [-0.25, -0.2) is 4.79 Å². The van der Waals surface area contributed by atoms with Crippen LogP contribution < -0.4 is 4.74 Å². The zero-order chi connectivity index (χ0) is 16.2. The van der Waals surface area contributed by atoms with Gasteiger partial charge in [0.2, 0.25) is 5.82 Å². The molecule has 1 N–H and O–H groups in total. The van der Waals surface area contributed by atoms with E-state index in [0.29, 0.717) is 23.0 Å². The molecule has 0 aliphatic rings. The Morgan fingerprint density at radius 1 is 1.17 bits per heavy atom. The van der Waals surface area contributed by atoms with Crippen molar-refractivity contribution in [2.45, 2.75) is 6.92 Å². The summed E-state index contributed by atoms with van der Waals surface area (Å²) in [5, 5.41) is 12.7. The Morgan fingerprint density at radius 3 is 2.65 bits per heavy atom. The molecule has 2 aromatic carbocycles. The highest BCUT2D eigenvalue weighted by Crippen LogP contribution is 2.29. The number of carboxylic acid groups (broad SMARTS) is 1. The molecule has 6 nitrogen and oxygen atoms in total. The fourth-order valence-electron chi connectivity index (χ4n) is 2.06. The molecule has 3 aromatic rings. The molecular weight excluding hydrogens is 296 g/mol. The fraction of sp³-hybridized carbons (Fsp3) is 0.118. The van der Waals surface area contributed by atoms with Gasteiger partial charge in [0.25, 0.3) is 5.89 Å². The summed E-state index contributed by atoms with van der Waals surface area (Å²) in [6, 6.07) is 14.7. The van der Waals surface area contributed by atoms with E-state index in [1.807, 2.05) is 31.2 Å². The van der Waals surface area contributed by atoms with E-state index in [1.54, 1.807) is 24.3 Å². The van der Waals surface area contributed by atoms with Gasteiger partial charge in [-0.3, -0.25) is 0 Å². The van der Waals surface area contributed by atoms with Crippen molar-refractivity contribution in [3.63, 3.8) is 0 Å². The quantitative estimate of drug-likeness (QED) is 0.779.